The van der Waals surface area contributed by atoms with E-state index in [4.69, 9.17) is 0 Å². The van der Waals surface area contributed by atoms with Crippen LogP contribution in [0, 0.1) is 9.39 Å². The van der Waals surface area contributed by atoms with E-state index in [0.717, 1.165) is 5.56 Å². The van der Waals surface area contributed by atoms with Crippen molar-refractivity contribution in [3.05, 3.63) is 51.4 Å². The summed E-state index contributed by atoms with van der Waals surface area (Å²) in [5.41, 5.74) is 0.850. The molecule has 90 valence electrons. The van der Waals surface area contributed by atoms with Gasteiger partial charge in [-0.05, 0) is 47.2 Å². The summed E-state index contributed by atoms with van der Waals surface area (Å²) in [6.07, 6.45) is 2.78. The van der Waals surface area contributed by atoms with Crippen LogP contribution >= 0.6 is 22.6 Å². The van der Waals surface area contributed by atoms with Crippen molar-refractivity contribution in [3.63, 3.8) is 0 Å². The molecular weight excluding hydrogens is 334 g/mol. The molecule has 0 aliphatic rings. The van der Waals surface area contributed by atoms with Gasteiger partial charge in [0.1, 0.15) is 17.7 Å². The quantitative estimate of drug-likeness (QED) is 0.868. The topological polar surface area (TPSA) is 38.1 Å². The Bertz CT molecular complexity index is 525. The molecule has 0 saturated carbocycles. The van der Waals surface area contributed by atoms with Crippen molar-refractivity contribution >= 4 is 22.6 Å². The number of aromatic nitrogens is 2. The van der Waals surface area contributed by atoms with Crippen LogP contribution in [0.5, 0.6) is 0 Å². The number of benzene rings is 1. The lowest BCUT2D eigenvalue weighted by molar-refractivity contribution is 0.184. The number of aliphatic hydroxyl groups excluding tert-OH is 1. The number of hydrogen-bond donors (Lipinski definition) is 1. The van der Waals surface area contributed by atoms with Crippen molar-refractivity contribution in [1.29, 1.82) is 0 Å². The molecule has 0 spiro atoms. The van der Waals surface area contributed by atoms with Gasteiger partial charge < -0.3 is 9.67 Å². The molecule has 5 heteroatoms. The Labute approximate surface area is 112 Å². The van der Waals surface area contributed by atoms with Crippen LogP contribution in [0.1, 0.15) is 24.4 Å². The summed E-state index contributed by atoms with van der Waals surface area (Å²) in [6.45, 7) is 2.17. The van der Waals surface area contributed by atoms with Crippen molar-refractivity contribution in [2.24, 2.45) is 0 Å². The molecule has 1 aromatic heterocycles. The minimum Gasteiger partial charge on any atom is -0.385 e. The van der Waals surface area contributed by atoms with Gasteiger partial charge in [0.2, 0.25) is 0 Å². The summed E-state index contributed by atoms with van der Waals surface area (Å²) < 4.78 is 15.8. The standard InChI is InChI=1S/C12H12FIN2O/c1-8(17)12-15-4-5-16(12)7-9-2-3-11(14)10(13)6-9/h2-6,8,17H,7H2,1H3. The lowest BCUT2D eigenvalue weighted by Crippen LogP contribution is -2.07. The third kappa shape index (κ3) is 2.84. The van der Waals surface area contributed by atoms with Crippen LogP contribution in [-0.4, -0.2) is 14.7 Å². The Morgan fingerprint density at radius 1 is 1.53 bits per heavy atom. The fourth-order valence-electron chi connectivity index (χ4n) is 1.66. The molecule has 0 aliphatic heterocycles. The second-order valence-electron chi connectivity index (χ2n) is 3.84. The molecule has 0 radical (unpaired) electrons. The SMILES string of the molecule is CC(O)c1nccn1Cc1ccc(I)c(F)c1. The molecule has 1 aromatic carbocycles. The normalized spacial score (nSPS) is 12.7. The van der Waals surface area contributed by atoms with Gasteiger partial charge in [-0.25, -0.2) is 9.37 Å². The van der Waals surface area contributed by atoms with Crippen molar-refractivity contribution < 1.29 is 9.50 Å². The number of rotatable bonds is 3. The van der Waals surface area contributed by atoms with Crippen LogP contribution < -0.4 is 0 Å². The molecule has 1 atom stereocenters. The van der Waals surface area contributed by atoms with Crippen LogP contribution in [0.4, 0.5) is 4.39 Å². The molecule has 1 unspecified atom stereocenters. The average molecular weight is 346 g/mol. The highest BCUT2D eigenvalue weighted by Gasteiger charge is 2.09. The van der Waals surface area contributed by atoms with Gasteiger partial charge in [-0.1, -0.05) is 6.07 Å². The largest absolute Gasteiger partial charge is 0.385 e. The maximum Gasteiger partial charge on any atom is 0.137 e. The molecule has 0 amide bonds. The molecule has 3 nitrogen and oxygen atoms in total. The summed E-state index contributed by atoms with van der Waals surface area (Å²) in [6, 6.07) is 5.12. The lowest BCUT2D eigenvalue weighted by Gasteiger charge is -2.10. The monoisotopic (exact) mass is 346 g/mol. The van der Waals surface area contributed by atoms with Gasteiger partial charge in [0, 0.05) is 22.5 Å². The van der Waals surface area contributed by atoms with Crippen molar-refractivity contribution in [2.75, 3.05) is 0 Å². The molecule has 17 heavy (non-hydrogen) atoms. The fraction of sp³-hybridized carbons (Fsp3) is 0.250. The third-order valence-electron chi connectivity index (χ3n) is 2.46. The first-order valence-corrected chi connectivity index (χ1v) is 6.29. The van der Waals surface area contributed by atoms with Crippen molar-refractivity contribution in [2.45, 2.75) is 19.6 Å². The Hall–Kier alpha value is -0.950. The van der Waals surface area contributed by atoms with E-state index in [0.29, 0.717) is 15.9 Å². The van der Waals surface area contributed by atoms with Crippen LogP contribution in [0.3, 0.4) is 0 Å². The summed E-state index contributed by atoms with van der Waals surface area (Å²) in [5, 5.41) is 9.51. The highest BCUT2D eigenvalue weighted by molar-refractivity contribution is 14.1. The van der Waals surface area contributed by atoms with Gasteiger partial charge in [-0.3, -0.25) is 0 Å². The zero-order chi connectivity index (χ0) is 12.4. The van der Waals surface area contributed by atoms with E-state index < -0.39 is 6.10 Å². The fourth-order valence-corrected chi connectivity index (χ4v) is 1.99. The minimum absolute atomic E-state index is 0.221. The van der Waals surface area contributed by atoms with Crippen LogP contribution in [0.25, 0.3) is 0 Å². The molecular formula is C12H12FIN2O. The molecule has 0 aliphatic carbocycles. The van der Waals surface area contributed by atoms with Gasteiger partial charge in [0.05, 0.1) is 0 Å². The van der Waals surface area contributed by atoms with E-state index in [1.54, 1.807) is 25.4 Å². The molecule has 0 fully saturated rings. The zero-order valence-corrected chi connectivity index (χ0v) is 11.4. The number of halogens is 2. The van der Waals surface area contributed by atoms with Crippen molar-refractivity contribution in [1.82, 2.24) is 9.55 Å². The van der Waals surface area contributed by atoms with Gasteiger partial charge in [0.25, 0.3) is 0 Å². The van der Waals surface area contributed by atoms with Crippen molar-refractivity contribution in [3.8, 4) is 0 Å². The average Bonchev–Trinajstić information content (AvgIpc) is 2.72. The van der Waals surface area contributed by atoms with Crippen LogP contribution in [0.2, 0.25) is 0 Å². The smallest absolute Gasteiger partial charge is 0.137 e. The number of hydrogen-bond acceptors (Lipinski definition) is 2. The first-order chi connectivity index (χ1) is 8.08. The van der Waals surface area contributed by atoms with E-state index in [9.17, 15) is 9.50 Å². The summed E-state index contributed by atoms with van der Waals surface area (Å²) in [4.78, 5) is 4.07. The molecule has 2 aromatic rings. The predicted molar refractivity (Wildman–Crippen MR) is 71.1 cm³/mol. The number of aliphatic hydroxyl groups is 1. The first kappa shape index (κ1) is 12.5. The minimum atomic E-state index is -0.626. The Morgan fingerprint density at radius 3 is 2.94 bits per heavy atom. The molecule has 0 bridgehead atoms. The lowest BCUT2D eigenvalue weighted by atomic mass is 10.2. The second kappa shape index (κ2) is 5.14. The zero-order valence-electron chi connectivity index (χ0n) is 9.27. The highest BCUT2D eigenvalue weighted by Crippen LogP contribution is 2.16. The third-order valence-corrected chi connectivity index (χ3v) is 3.33. The Kier molecular flexibility index (Phi) is 3.78. The van der Waals surface area contributed by atoms with Crippen LogP contribution in [0.15, 0.2) is 30.6 Å². The Balaban J connectivity index is 2.25. The van der Waals surface area contributed by atoms with E-state index in [-0.39, 0.29) is 5.82 Å². The highest BCUT2D eigenvalue weighted by atomic mass is 127. The van der Waals surface area contributed by atoms with Gasteiger partial charge in [0.15, 0.2) is 0 Å². The van der Waals surface area contributed by atoms with Gasteiger partial charge in [-0.2, -0.15) is 0 Å². The first-order valence-electron chi connectivity index (χ1n) is 5.21. The summed E-state index contributed by atoms with van der Waals surface area (Å²) in [5.74, 6) is 0.366. The second-order valence-corrected chi connectivity index (χ2v) is 5.00. The molecule has 1 heterocycles. The maximum atomic E-state index is 13.4. The van der Waals surface area contributed by atoms with E-state index in [1.807, 2.05) is 33.2 Å². The van der Waals surface area contributed by atoms with E-state index >= 15 is 0 Å². The van der Waals surface area contributed by atoms with Gasteiger partial charge >= 0.3 is 0 Å². The van der Waals surface area contributed by atoms with Gasteiger partial charge in [-0.15, -0.1) is 0 Å². The Morgan fingerprint density at radius 2 is 2.29 bits per heavy atom. The van der Waals surface area contributed by atoms with E-state index in [2.05, 4.69) is 4.98 Å². The summed E-state index contributed by atoms with van der Waals surface area (Å²) in [7, 11) is 0. The molecule has 2 rings (SSSR count). The summed E-state index contributed by atoms with van der Waals surface area (Å²) >= 11 is 1.95. The van der Waals surface area contributed by atoms with E-state index in [1.165, 1.54) is 6.07 Å². The maximum absolute atomic E-state index is 13.4. The molecule has 0 saturated heterocycles. The number of imidazole rings is 1. The molecule has 1 N–H and O–H groups in total. The predicted octanol–water partition coefficient (Wildman–Crippen LogP) is 2.73. The number of nitrogens with zero attached hydrogens (tertiary/aromatic N) is 2. The van der Waals surface area contributed by atoms with Crippen LogP contribution in [-0.2, 0) is 6.54 Å².